The number of aromatic nitrogens is 4. The summed E-state index contributed by atoms with van der Waals surface area (Å²) < 4.78 is 6.24. The van der Waals surface area contributed by atoms with Crippen LogP contribution in [0.15, 0.2) is 47.8 Å². The van der Waals surface area contributed by atoms with E-state index in [1.807, 2.05) is 23.6 Å². The molecular formula is C18H17N5O3S. The highest BCUT2D eigenvalue weighted by atomic mass is 32.1. The standard InChI is InChI=1S/C18H17N5O3S/c1-2-26-16(24)12-23-17(20-21-22-23)15(11-14-9-6-10-27-14)19-18(25)13-7-4-3-5-8-13/h3-11H,2,12H2,1H3,(H,19,25)/b15-11-. The average Bonchev–Trinajstić information content (AvgIpc) is 3.34. The Balaban J connectivity index is 1.91. The molecule has 138 valence electrons. The molecule has 2 heterocycles. The van der Waals surface area contributed by atoms with Gasteiger partial charge in [-0.05, 0) is 47.0 Å². The quantitative estimate of drug-likeness (QED) is 0.628. The lowest BCUT2D eigenvalue weighted by Gasteiger charge is -2.10. The van der Waals surface area contributed by atoms with E-state index in [9.17, 15) is 9.59 Å². The molecule has 0 spiro atoms. The molecule has 0 saturated heterocycles. The van der Waals surface area contributed by atoms with Gasteiger partial charge in [-0.15, -0.1) is 16.4 Å². The first-order valence-corrected chi connectivity index (χ1v) is 9.09. The van der Waals surface area contributed by atoms with Crippen LogP contribution in [0.5, 0.6) is 0 Å². The molecule has 8 nitrogen and oxygen atoms in total. The number of thiophene rings is 1. The van der Waals surface area contributed by atoms with Crippen LogP contribution in [0, 0.1) is 0 Å². The lowest BCUT2D eigenvalue weighted by atomic mass is 10.2. The van der Waals surface area contributed by atoms with Crippen molar-refractivity contribution in [1.29, 1.82) is 0 Å². The maximum Gasteiger partial charge on any atom is 0.327 e. The lowest BCUT2D eigenvalue weighted by molar-refractivity contribution is -0.144. The number of hydrogen-bond donors (Lipinski definition) is 1. The van der Waals surface area contributed by atoms with E-state index in [4.69, 9.17) is 4.74 Å². The van der Waals surface area contributed by atoms with Crippen LogP contribution < -0.4 is 5.32 Å². The zero-order valence-electron chi connectivity index (χ0n) is 14.5. The molecule has 0 aliphatic rings. The van der Waals surface area contributed by atoms with E-state index in [1.165, 1.54) is 16.0 Å². The van der Waals surface area contributed by atoms with Crippen molar-refractivity contribution >= 4 is 35.0 Å². The normalized spacial score (nSPS) is 11.2. The molecule has 0 radical (unpaired) electrons. The molecule has 27 heavy (non-hydrogen) atoms. The SMILES string of the molecule is CCOC(=O)Cn1nnnc1/C(=C/c1cccs1)NC(=O)c1ccccc1. The number of benzene rings is 1. The highest BCUT2D eigenvalue weighted by Crippen LogP contribution is 2.18. The van der Waals surface area contributed by atoms with Gasteiger partial charge in [0.15, 0.2) is 5.82 Å². The zero-order chi connectivity index (χ0) is 19.1. The minimum absolute atomic E-state index is 0.154. The lowest BCUT2D eigenvalue weighted by Crippen LogP contribution is -2.25. The molecule has 9 heteroatoms. The summed E-state index contributed by atoms with van der Waals surface area (Å²) >= 11 is 1.50. The third kappa shape index (κ3) is 4.85. The van der Waals surface area contributed by atoms with Crippen LogP contribution >= 0.6 is 11.3 Å². The molecular weight excluding hydrogens is 366 g/mol. The first-order chi connectivity index (χ1) is 13.2. The summed E-state index contributed by atoms with van der Waals surface area (Å²) in [6, 6.07) is 12.6. The summed E-state index contributed by atoms with van der Waals surface area (Å²) in [4.78, 5) is 25.3. The predicted molar refractivity (Wildman–Crippen MR) is 101 cm³/mol. The molecule has 3 aromatic rings. The van der Waals surface area contributed by atoms with Gasteiger partial charge in [0.2, 0.25) is 0 Å². The summed E-state index contributed by atoms with van der Waals surface area (Å²) in [5.74, 6) is -0.499. The molecule has 0 aliphatic carbocycles. The van der Waals surface area contributed by atoms with Gasteiger partial charge in [-0.25, -0.2) is 4.68 Å². The fourth-order valence-corrected chi connectivity index (χ4v) is 2.95. The van der Waals surface area contributed by atoms with Gasteiger partial charge < -0.3 is 10.1 Å². The van der Waals surface area contributed by atoms with Crippen molar-refractivity contribution in [1.82, 2.24) is 25.5 Å². The van der Waals surface area contributed by atoms with Crippen molar-refractivity contribution in [2.45, 2.75) is 13.5 Å². The molecule has 3 rings (SSSR count). The molecule has 0 fully saturated rings. The van der Waals surface area contributed by atoms with Crippen LogP contribution in [-0.2, 0) is 16.1 Å². The second-order valence-corrected chi connectivity index (χ2v) is 6.34. The molecule has 0 saturated carbocycles. The molecule has 0 atom stereocenters. The maximum absolute atomic E-state index is 12.6. The van der Waals surface area contributed by atoms with E-state index in [1.54, 1.807) is 37.3 Å². The Morgan fingerprint density at radius 1 is 1.22 bits per heavy atom. The van der Waals surface area contributed by atoms with Crippen molar-refractivity contribution in [2.75, 3.05) is 6.61 Å². The minimum atomic E-state index is -0.462. The molecule has 0 bridgehead atoms. The molecule has 1 amide bonds. The van der Waals surface area contributed by atoms with Crippen molar-refractivity contribution in [3.8, 4) is 0 Å². The number of amides is 1. The van der Waals surface area contributed by atoms with Crippen LogP contribution in [0.3, 0.4) is 0 Å². The predicted octanol–water partition coefficient (Wildman–Crippen LogP) is 2.23. The summed E-state index contributed by atoms with van der Waals surface area (Å²) in [7, 11) is 0. The summed E-state index contributed by atoms with van der Waals surface area (Å²) in [6.07, 6.45) is 1.76. The van der Waals surface area contributed by atoms with Crippen LogP contribution in [0.25, 0.3) is 11.8 Å². The second kappa shape index (κ2) is 8.86. The highest BCUT2D eigenvalue weighted by molar-refractivity contribution is 7.10. The van der Waals surface area contributed by atoms with E-state index in [2.05, 4.69) is 20.8 Å². The number of tetrazole rings is 1. The summed E-state index contributed by atoms with van der Waals surface area (Å²) in [5.41, 5.74) is 0.889. The van der Waals surface area contributed by atoms with Crippen LogP contribution in [0.1, 0.15) is 28.0 Å². The number of nitrogens with one attached hydrogen (secondary N) is 1. The van der Waals surface area contributed by atoms with E-state index in [0.29, 0.717) is 11.3 Å². The molecule has 0 aliphatic heterocycles. The Morgan fingerprint density at radius 2 is 2.04 bits per heavy atom. The maximum atomic E-state index is 12.6. The van der Waals surface area contributed by atoms with Crippen LogP contribution in [-0.4, -0.2) is 38.7 Å². The number of esters is 1. The summed E-state index contributed by atoms with van der Waals surface area (Å²) in [6.45, 7) is 1.83. The third-order valence-electron chi connectivity index (χ3n) is 3.47. The van der Waals surface area contributed by atoms with Gasteiger partial charge >= 0.3 is 5.97 Å². The van der Waals surface area contributed by atoms with Crippen LogP contribution in [0.4, 0.5) is 0 Å². The Labute approximate surface area is 159 Å². The Morgan fingerprint density at radius 3 is 2.74 bits per heavy atom. The Kier molecular flexibility index (Phi) is 6.06. The summed E-state index contributed by atoms with van der Waals surface area (Å²) in [5, 5.41) is 16.2. The van der Waals surface area contributed by atoms with Gasteiger partial charge in [-0.1, -0.05) is 24.3 Å². The molecule has 0 unspecified atom stereocenters. The van der Waals surface area contributed by atoms with Crippen molar-refractivity contribution in [3.05, 3.63) is 64.1 Å². The number of carbonyl (C=O) groups excluding carboxylic acids is 2. The van der Waals surface area contributed by atoms with E-state index < -0.39 is 5.97 Å². The van der Waals surface area contributed by atoms with Gasteiger partial charge in [0.1, 0.15) is 6.54 Å². The van der Waals surface area contributed by atoms with Gasteiger partial charge in [-0.2, -0.15) is 0 Å². The monoisotopic (exact) mass is 383 g/mol. The Hall–Kier alpha value is -3.33. The first-order valence-electron chi connectivity index (χ1n) is 8.21. The van der Waals surface area contributed by atoms with Gasteiger partial charge in [0.05, 0.1) is 12.3 Å². The van der Waals surface area contributed by atoms with Gasteiger partial charge in [0.25, 0.3) is 5.91 Å². The third-order valence-corrected chi connectivity index (χ3v) is 4.29. The average molecular weight is 383 g/mol. The molecule has 1 aromatic carbocycles. The minimum Gasteiger partial charge on any atom is -0.465 e. The van der Waals surface area contributed by atoms with Crippen LogP contribution in [0.2, 0.25) is 0 Å². The van der Waals surface area contributed by atoms with E-state index >= 15 is 0 Å². The Bertz CT molecular complexity index is 935. The number of ether oxygens (including phenoxy) is 1. The fourth-order valence-electron chi connectivity index (χ4n) is 2.29. The van der Waals surface area contributed by atoms with E-state index in [-0.39, 0.29) is 24.9 Å². The van der Waals surface area contributed by atoms with Crippen molar-refractivity contribution in [2.24, 2.45) is 0 Å². The largest absolute Gasteiger partial charge is 0.465 e. The topological polar surface area (TPSA) is 99.0 Å². The zero-order valence-corrected chi connectivity index (χ0v) is 15.3. The van der Waals surface area contributed by atoms with Gasteiger partial charge in [-0.3, -0.25) is 9.59 Å². The number of carbonyl (C=O) groups is 2. The van der Waals surface area contributed by atoms with Crippen molar-refractivity contribution in [3.63, 3.8) is 0 Å². The molecule has 1 N–H and O–H groups in total. The van der Waals surface area contributed by atoms with E-state index in [0.717, 1.165) is 4.88 Å². The first kappa shape index (κ1) is 18.5. The second-order valence-electron chi connectivity index (χ2n) is 5.36. The smallest absolute Gasteiger partial charge is 0.327 e. The highest BCUT2D eigenvalue weighted by Gasteiger charge is 2.18. The number of hydrogen-bond acceptors (Lipinski definition) is 7. The van der Waals surface area contributed by atoms with Gasteiger partial charge in [0, 0.05) is 10.4 Å². The number of nitrogens with zero attached hydrogens (tertiary/aromatic N) is 4. The number of rotatable bonds is 7. The fraction of sp³-hybridized carbons (Fsp3) is 0.167. The molecule has 2 aromatic heterocycles. The van der Waals surface area contributed by atoms with Crippen molar-refractivity contribution < 1.29 is 14.3 Å².